The number of nitrogens with one attached hydrogen (secondary N) is 1. The zero-order valence-corrected chi connectivity index (χ0v) is 10.6. The Morgan fingerprint density at radius 3 is 2.88 bits per heavy atom. The number of rotatable bonds is 4. The van der Waals surface area contributed by atoms with Crippen molar-refractivity contribution in [3.05, 3.63) is 47.0 Å². The lowest BCUT2D eigenvalue weighted by Gasteiger charge is -2.16. The molecule has 0 amide bonds. The molecular weight excluding hydrogens is 236 g/mol. The van der Waals surface area contributed by atoms with Crippen LogP contribution in [0.4, 0.5) is 0 Å². The van der Waals surface area contributed by atoms with Crippen LogP contribution in [0.3, 0.4) is 0 Å². The van der Waals surface area contributed by atoms with Crippen LogP contribution in [0.2, 0.25) is 5.02 Å². The van der Waals surface area contributed by atoms with E-state index in [1.54, 1.807) is 17.1 Å². The molecule has 2 aromatic heterocycles. The van der Waals surface area contributed by atoms with Crippen molar-refractivity contribution in [3.8, 4) is 0 Å². The molecule has 4 nitrogen and oxygen atoms in total. The molecule has 1 atom stereocenters. The molecule has 2 heterocycles. The summed E-state index contributed by atoms with van der Waals surface area (Å²) in [6, 6.07) is 4.10. The van der Waals surface area contributed by atoms with Crippen molar-refractivity contribution in [2.24, 2.45) is 7.05 Å². The summed E-state index contributed by atoms with van der Waals surface area (Å²) in [7, 11) is 3.83. The van der Waals surface area contributed by atoms with Crippen molar-refractivity contribution in [2.45, 2.75) is 12.5 Å². The van der Waals surface area contributed by atoms with Gasteiger partial charge >= 0.3 is 0 Å². The van der Waals surface area contributed by atoms with E-state index in [0.29, 0.717) is 5.02 Å². The van der Waals surface area contributed by atoms with Gasteiger partial charge in [0.1, 0.15) is 0 Å². The number of aryl methyl sites for hydroxylation is 1. The largest absolute Gasteiger partial charge is 0.313 e. The molecule has 17 heavy (non-hydrogen) atoms. The van der Waals surface area contributed by atoms with Crippen LogP contribution in [0, 0.1) is 0 Å². The Morgan fingerprint density at radius 1 is 1.47 bits per heavy atom. The molecule has 2 aromatic rings. The summed E-state index contributed by atoms with van der Waals surface area (Å²) in [6.07, 6.45) is 6.17. The smallest absolute Gasteiger partial charge is 0.0643 e. The van der Waals surface area contributed by atoms with E-state index in [0.717, 1.165) is 17.7 Å². The quantitative estimate of drug-likeness (QED) is 0.902. The number of nitrogens with zero attached hydrogens (tertiary/aromatic N) is 3. The molecule has 0 fully saturated rings. The van der Waals surface area contributed by atoms with Gasteiger partial charge in [-0.05, 0) is 24.7 Å². The maximum atomic E-state index is 6.14. The van der Waals surface area contributed by atoms with Crippen molar-refractivity contribution < 1.29 is 0 Å². The van der Waals surface area contributed by atoms with Crippen molar-refractivity contribution >= 4 is 11.6 Å². The minimum Gasteiger partial charge on any atom is -0.313 e. The van der Waals surface area contributed by atoms with E-state index in [2.05, 4.69) is 15.4 Å². The second-order valence-electron chi connectivity index (χ2n) is 3.92. The summed E-state index contributed by atoms with van der Waals surface area (Å²) in [5.41, 5.74) is 2.09. The van der Waals surface area contributed by atoms with E-state index in [1.165, 1.54) is 0 Å². The highest BCUT2D eigenvalue weighted by atomic mass is 35.5. The van der Waals surface area contributed by atoms with Crippen molar-refractivity contribution in [1.82, 2.24) is 20.1 Å². The normalized spacial score (nSPS) is 12.6. The second-order valence-corrected chi connectivity index (χ2v) is 4.33. The van der Waals surface area contributed by atoms with Gasteiger partial charge in [-0.25, -0.2) is 0 Å². The number of likely N-dealkylation sites (N-methyl/N-ethyl adjacent to an activating group) is 1. The summed E-state index contributed by atoms with van der Waals surface area (Å²) in [6.45, 7) is 0. The standard InChI is InChI=1S/C12H15ClN4/c1-14-12(7-9-4-6-17(2)16-9)10-3-5-15-8-11(10)13/h3-6,8,12,14H,7H2,1-2H3. The fourth-order valence-electron chi connectivity index (χ4n) is 1.82. The molecule has 90 valence electrons. The highest BCUT2D eigenvalue weighted by molar-refractivity contribution is 6.31. The Labute approximate surface area is 106 Å². The van der Waals surface area contributed by atoms with Crippen LogP contribution in [-0.4, -0.2) is 21.8 Å². The molecule has 0 spiro atoms. The maximum absolute atomic E-state index is 6.14. The lowest BCUT2D eigenvalue weighted by atomic mass is 10.0. The van der Waals surface area contributed by atoms with E-state index in [4.69, 9.17) is 11.6 Å². The van der Waals surface area contributed by atoms with Gasteiger partial charge in [0, 0.05) is 38.1 Å². The number of aromatic nitrogens is 3. The maximum Gasteiger partial charge on any atom is 0.0643 e. The third kappa shape index (κ3) is 2.84. The topological polar surface area (TPSA) is 42.7 Å². The van der Waals surface area contributed by atoms with E-state index in [9.17, 15) is 0 Å². The Hall–Kier alpha value is -1.39. The third-order valence-corrected chi connectivity index (χ3v) is 3.03. The van der Waals surface area contributed by atoms with Gasteiger partial charge in [0.15, 0.2) is 0 Å². The average Bonchev–Trinajstić information content (AvgIpc) is 2.73. The first-order chi connectivity index (χ1) is 8.20. The molecule has 0 aliphatic carbocycles. The van der Waals surface area contributed by atoms with Crippen molar-refractivity contribution in [3.63, 3.8) is 0 Å². The molecule has 0 bridgehead atoms. The minimum absolute atomic E-state index is 0.153. The molecular formula is C12H15ClN4. The number of pyridine rings is 1. The molecule has 0 aliphatic rings. The molecule has 1 N–H and O–H groups in total. The van der Waals surface area contributed by atoms with Gasteiger partial charge in [0.2, 0.25) is 0 Å². The average molecular weight is 251 g/mol. The van der Waals surface area contributed by atoms with Crippen molar-refractivity contribution in [1.29, 1.82) is 0 Å². The highest BCUT2D eigenvalue weighted by Gasteiger charge is 2.14. The van der Waals surface area contributed by atoms with Crippen LogP contribution in [0.1, 0.15) is 17.3 Å². The van der Waals surface area contributed by atoms with Crippen LogP contribution in [-0.2, 0) is 13.5 Å². The van der Waals surface area contributed by atoms with E-state index in [-0.39, 0.29) is 6.04 Å². The minimum atomic E-state index is 0.153. The molecule has 5 heteroatoms. The SMILES string of the molecule is CNC(Cc1ccn(C)n1)c1ccncc1Cl. The van der Waals surface area contributed by atoms with Crippen LogP contribution in [0.25, 0.3) is 0 Å². The molecule has 0 saturated heterocycles. The Bertz CT molecular complexity index is 495. The molecule has 0 saturated carbocycles. The second kappa shape index (κ2) is 5.29. The first kappa shape index (κ1) is 12.1. The summed E-state index contributed by atoms with van der Waals surface area (Å²) in [5.74, 6) is 0. The third-order valence-electron chi connectivity index (χ3n) is 2.71. The predicted molar refractivity (Wildman–Crippen MR) is 68.0 cm³/mol. The summed E-state index contributed by atoms with van der Waals surface area (Å²) in [4.78, 5) is 3.99. The molecule has 1 unspecified atom stereocenters. The Balaban J connectivity index is 2.20. The number of hydrogen-bond acceptors (Lipinski definition) is 3. The predicted octanol–water partition coefficient (Wildman–Crippen LogP) is 1.97. The summed E-state index contributed by atoms with van der Waals surface area (Å²) < 4.78 is 1.80. The van der Waals surface area contributed by atoms with Gasteiger partial charge in [-0.15, -0.1) is 0 Å². The lowest BCUT2D eigenvalue weighted by Crippen LogP contribution is -2.19. The highest BCUT2D eigenvalue weighted by Crippen LogP contribution is 2.23. The van der Waals surface area contributed by atoms with Crippen LogP contribution >= 0.6 is 11.6 Å². The van der Waals surface area contributed by atoms with Gasteiger partial charge in [-0.3, -0.25) is 9.67 Å². The van der Waals surface area contributed by atoms with Gasteiger partial charge in [0.05, 0.1) is 10.7 Å². The van der Waals surface area contributed by atoms with E-state index < -0.39 is 0 Å². The van der Waals surface area contributed by atoms with Crippen LogP contribution in [0.5, 0.6) is 0 Å². The number of hydrogen-bond donors (Lipinski definition) is 1. The zero-order valence-electron chi connectivity index (χ0n) is 9.89. The summed E-state index contributed by atoms with van der Waals surface area (Å²) >= 11 is 6.14. The first-order valence-corrected chi connectivity index (χ1v) is 5.83. The van der Waals surface area contributed by atoms with Crippen LogP contribution in [0.15, 0.2) is 30.7 Å². The Kier molecular flexibility index (Phi) is 3.76. The van der Waals surface area contributed by atoms with Crippen LogP contribution < -0.4 is 5.32 Å². The van der Waals surface area contributed by atoms with Gasteiger partial charge in [-0.1, -0.05) is 11.6 Å². The number of halogens is 1. The molecule has 0 radical (unpaired) electrons. The molecule has 0 aromatic carbocycles. The molecule has 0 aliphatic heterocycles. The Morgan fingerprint density at radius 2 is 2.29 bits per heavy atom. The van der Waals surface area contributed by atoms with Crippen molar-refractivity contribution in [2.75, 3.05) is 7.05 Å². The molecule has 2 rings (SSSR count). The van der Waals surface area contributed by atoms with Gasteiger partial charge in [0.25, 0.3) is 0 Å². The summed E-state index contributed by atoms with van der Waals surface area (Å²) in [5, 5.41) is 8.31. The van der Waals surface area contributed by atoms with E-state index >= 15 is 0 Å². The zero-order chi connectivity index (χ0) is 12.3. The first-order valence-electron chi connectivity index (χ1n) is 5.46. The monoisotopic (exact) mass is 250 g/mol. The van der Waals surface area contributed by atoms with Gasteiger partial charge < -0.3 is 5.32 Å². The fraction of sp³-hybridized carbons (Fsp3) is 0.333. The van der Waals surface area contributed by atoms with Gasteiger partial charge in [-0.2, -0.15) is 5.10 Å². The van der Waals surface area contributed by atoms with E-state index in [1.807, 2.05) is 32.4 Å². The lowest BCUT2D eigenvalue weighted by molar-refractivity contribution is 0.577. The fourth-order valence-corrected chi connectivity index (χ4v) is 2.07.